The Hall–Kier alpha value is -3.41. The maximum absolute atomic E-state index is 13.0. The van der Waals surface area contributed by atoms with Crippen LogP contribution in [-0.2, 0) is 14.6 Å². The Morgan fingerprint density at radius 3 is 2.49 bits per heavy atom. The molecule has 3 rings (SSSR count). The van der Waals surface area contributed by atoms with E-state index < -0.39 is 21.2 Å². The summed E-state index contributed by atoms with van der Waals surface area (Å²) in [6.07, 6.45) is 2.38. The van der Waals surface area contributed by atoms with Crippen LogP contribution in [0.4, 0.5) is 9.59 Å². The number of hydrogen-bond acceptors (Lipinski definition) is 7. The first kappa shape index (κ1) is 26.2. The number of amides is 2. The summed E-state index contributed by atoms with van der Waals surface area (Å²) in [5, 5.41) is 8.91. The van der Waals surface area contributed by atoms with Crippen molar-refractivity contribution in [3.8, 4) is 0 Å². The quantitative estimate of drug-likeness (QED) is 0.319. The predicted molar refractivity (Wildman–Crippen MR) is 132 cm³/mol. The van der Waals surface area contributed by atoms with Crippen LogP contribution in [0, 0.1) is 0 Å². The highest BCUT2D eigenvalue weighted by molar-refractivity contribution is 7.92. The first-order chi connectivity index (χ1) is 16.8. The minimum atomic E-state index is -3.68. The van der Waals surface area contributed by atoms with Crippen LogP contribution in [0.1, 0.15) is 32.1 Å². The molecule has 0 aliphatic heterocycles. The van der Waals surface area contributed by atoms with Gasteiger partial charge in [0.15, 0.2) is 9.84 Å². The fourth-order valence-electron chi connectivity index (χ4n) is 3.68. The summed E-state index contributed by atoms with van der Waals surface area (Å²) in [5.74, 6) is 0. The molecule has 2 radical (unpaired) electrons. The summed E-state index contributed by atoms with van der Waals surface area (Å²) in [6.45, 7) is 0.238. The van der Waals surface area contributed by atoms with E-state index in [0.29, 0.717) is 30.4 Å². The van der Waals surface area contributed by atoms with Gasteiger partial charge in [-0.15, -0.1) is 5.10 Å². The minimum absolute atomic E-state index is 0.183. The molecule has 35 heavy (non-hydrogen) atoms. The van der Waals surface area contributed by atoms with E-state index in [0.717, 1.165) is 19.3 Å². The summed E-state index contributed by atoms with van der Waals surface area (Å²) in [7, 11) is 3.06. The number of nitrogens with one attached hydrogen (secondary N) is 1. The van der Waals surface area contributed by atoms with Crippen LogP contribution in [0.2, 0.25) is 0 Å². The van der Waals surface area contributed by atoms with E-state index in [-0.39, 0.29) is 17.5 Å². The topological polar surface area (TPSA) is 123 Å². The van der Waals surface area contributed by atoms with Crippen molar-refractivity contribution in [1.29, 1.82) is 0 Å². The maximum Gasteiger partial charge on any atom is 0.394 e. The third-order valence-electron chi connectivity index (χ3n) is 5.66. The lowest BCUT2D eigenvalue weighted by Crippen LogP contribution is -2.32. The summed E-state index contributed by atoms with van der Waals surface area (Å²) >= 11 is 0. The third kappa shape index (κ3) is 6.81. The number of benzene rings is 2. The van der Waals surface area contributed by atoms with Crippen LogP contribution >= 0.6 is 0 Å². The highest BCUT2D eigenvalue weighted by Crippen LogP contribution is 2.21. The number of sulfone groups is 1. The Labute approximate surface area is 206 Å². The molecule has 12 heteroatoms. The van der Waals surface area contributed by atoms with E-state index in [1.807, 2.05) is 17.4 Å². The highest BCUT2D eigenvalue weighted by Gasteiger charge is 2.28. The molecule has 1 atom stereocenters. The van der Waals surface area contributed by atoms with Gasteiger partial charge in [0.25, 0.3) is 0 Å². The number of ether oxygens (including phenoxy) is 1. The number of aromatic nitrogens is 3. The molecule has 1 N–H and O–H groups in total. The molecule has 2 aromatic carbocycles. The summed E-state index contributed by atoms with van der Waals surface area (Å²) in [6, 6.07) is 15.1. The molecule has 0 saturated carbocycles. The lowest BCUT2D eigenvalue weighted by molar-refractivity contribution is 0.151. The molecular formula is C23H28BN5O5S. The van der Waals surface area contributed by atoms with Gasteiger partial charge in [-0.25, -0.2) is 18.0 Å². The van der Waals surface area contributed by atoms with Gasteiger partial charge in [0.05, 0.1) is 10.4 Å². The first-order valence-electron chi connectivity index (χ1n) is 11.3. The maximum atomic E-state index is 13.0. The molecule has 0 spiro atoms. The molecule has 0 aliphatic rings. The van der Waals surface area contributed by atoms with Gasteiger partial charge in [-0.05, 0) is 37.1 Å². The van der Waals surface area contributed by atoms with Gasteiger partial charge in [0.1, 0.15) is 17.4 Å². The van der Waals surface area contributed by atoms with Crippen molar-refractivity contribution in [2.45, 2.75) is 42.2 Å². The van der Waals surface area contributed by atoms with Gasteiger partial charge >= 0.3 is 12.1 Å². The smallest absolute Gasteiger partial charge is 0.394 e. The molecular weight excluding hydrogens is 469 g/mol. The standard InChI is InChI=1S/C23H28BN5O5S/c1-28(23(31)29-21-15-9-8-14-20(21)26-27-29)16-10-3-2-5-13-19(17-34-22(30)25-24)35(32,33)18-11-6-4-7-12-18/h4,6-9,11-12,14-15,19H,2-3,5,10,13,16-17H2,1H3,(H,25,30). The van der Waals surface area contributed by atoms with E-state index in [9.17, 15) is 18.0 Å². The van der Waals surface area contributed by atoms with Crippen molar-refractivity contribution < 1.29 is 22.7 Å². The van der Waals surface area contributed by atoms with Gasteiger partial charge in [-0.1, -0.05) is 54.8 Å². The van der Waals surface area contributed by atoms with Crippen LogP contribution in [0.3, 0.4) is 0 Å². The van der Waals surface area contributed by atoms with E-state index in [1.165, 1.54) is 16.8 Å². The molecule has 0 bridgehead atoms. The molecule has 10 nitrogen and oxygen atoms in total. The van der Waals surface area contributed by atoms with Crippen molar-refractivity contribution in [3.05, 3.63) is 54.6 Å². The molecule has 184 valence electrons. The number of carbonyl (C=O) groups excluding carboxylic acids is 2. The third-order valence-corrected chi connectivity index (χ3v) is 7.84. The van der Waals surface area contributed by atoms with Gasteiger partial charge in [0.2, 0.25) is 7.98 Å². The van der Waals surface area contributed by atoms with Crippen LogP contribution in [0.25, 0.3) is 11.0 Å². The molecule has 1 aromatic heterocycles. The van der Waals surface area contributed by atoms with Crippen molar-refractivity contribution in [1.82, 2.24) is 25.1 Å². The van der Waals surface area contributed by atoms with Crippen LogP contribution < -0.4 is 5.23 Å². The highest BCUT2D eigenvalue weighted by atomic mass is 32.2. The average Bonchev–Trinajstić information content (AvgIpc) is 3.31. The first-order valence-corrected chi connectivity index (χ1v) is 12.9. The van der Waals surface area contributed by atoms with E-state index >= 15 is 0 Å². The Morgan fingerprint density at radius 1 is 1.06 bits per heavy atom. The fraction of sp³-hybridized carbons (Fsp3) is 0.391. The fourth-order valence-corrected chi connectivity index (χ4v) is 5.33. The number of unbranched alkanes of at least 4 members (excludes halogenated alkanes) is 3. The number of para-hydroxylation sites is 1. The second kappa shape index (κ2) is 12.3. The van der Waals surface area contributed by atoms with Gasteiger partial charge in [0, 0.05) is 13.6 Å². The van der Waals surface area contributed by atoms with Crippen molar-refractivity contribution in [2.75, 3.05) is 20.2 Å². The zero-order valence-corrected chi connectivity index (χ0v) is 20.4. The van der Waals surface area contributed by atoms with Crippen LogP contribution in [0.15, 0.2) is 59.5 Å². The molecule has 2 amide bonds. The molecule has 3 aromatic rings. The number of hydrogen-bond donors (Lipinski definition) is 1. The number of carbonyl (C=O) groups is 2. The SMILES string of the molecule is [B]NC(=O)OCC(CCCCCCN(C)C(=O)n1nnc2ccccc21)S(=O)(=O)c1ccccc1. The van der Waals surface area contributed by atoms with Gasteiger partial charge in [-0.2, -0.15) is 4.68 Å². The second-order valence-electron chi connectivity index (χ2n) is 8.12. The average molecular weight is 497 g/mol. The van der Waals surface area contributed by atoms with E-state index in [2.05, 4.69) is 10.3 Å². The molecule has 0 fully saturated rings. The Kier molecular flexibility index (Phi) is 9.24. The Bertz CT molecular complexity index is 1240. The summed E-state index contributed by atoms with van der Waals surface area (Å²) < 4.78 is 32.3. The molecule has 1 unspecified atom stereocenters. The second-order valence-corrected chi connectivity index (χ2v) is 10.3. The van der Waals surface area contributed by atoms with E-state index in [1.54, 1.807) is 42.3 Å². The van der Waals surface area contributed by atoms with Gasteiger partial charge in [-0.3, -0.25) is 0 Å². The number of rotatable bonds is 11. The normalized spacial score (nSPS) is 12.3. The molecule has 1 heterocycles. The van der Waals surface area contributed by atoms with Crippen molar-refractivity contribution in [2.24, 2.45) is 0 Å². The zero-order valence-electron chi connectivity index (χ0n) is 19.5. The monoisotopic (exact) mass is 497 g/mol. The van der Waals surface area contributed by atoms with E-state index in [4.69, 9.17) is 12.7 Å². The summed E-state index contributed by atoms with van der Waals surface area (Å²) in [4.78, 5) is 25.8. The lowest BCUT2D eigenvalue weighted by atomic mass is 10.1. The minimum Gasteiger partial charge on any atom is -0.449 e. The number of nitrogens with zero attached hydrogens (tertiary/aromatic N) is 4. The Morgan fingerprint density at radius 2 is 1.74 bits per heavy atom. The van der Waals surface area contributed by atoms with Crippen LogP contribution in [-0.4, -0.2) is 73.9 Å². The lowest BCUT2D eigenvalue weighted by Gasteiger charge is -2.18. The predicted octanol–water partition coefficient (Wildman–Crippen LogP) is 2.93. The number of fused-ring (bicyclic) bond motifs is 1. The van der Waals surface area contributed by atoms with Crippen molar-refractivity contribution in [3.63, 3.8) is 0 Å². The molecule has 0 saturated heterocycles. The summed E-state index contributed by atoms with van der Waals surface area (Å²) in [5.41, 5.74) is 1.31. The zero-order chi connectivity index (χ0) is 25.3. The largest absolute Gasteiger partial charge is 0.449 e. The van der Waals surface area contributed by atoms with Crippen molar-refractivity contribution >= 4 is 41.0 Å². The van der Waals surface area contributed by atoms with Gasteiger partial charge < -0.3 is 14.9 Å². The molecule has 0 aliphatic carbocycles. The Balaban J connectivity index is 1.47. The van der Waals surface area contributed by atoms with Crippen LogP contribution in [0.5, 0.6) is 0 Å².